The number of carbonyl (C=O) groups excluding carboxylic acids is 2. The second-order valence-electron chi connectivity index (χ2n) is 7.28. The van der Waals surface area contributed by atoms with Gasteiger partial charge in [0.05, 0.1) is 12.2 Å². The van der Waals surface area contributed by atoms with Crippen LogP contribution in [-0.4, -0.2) is 16.8 Å². The zero-order valence-electron chi connectivity index (χ0n) is 16.1. The number of aromatic nitrogens is 1. The molecule has 0 aliphatic carbocycles. The van der Waals surface area contributed by atoms with Crippen molar-refractivity contribution in [3.05, 3.63) is 59.4 Å². The third-order valence-corrected chi connectivity index (χ3v) is 4.46. The van der Waals surface area contributed by atoms with Gasteiger partial charge in [-0.05, 0) is 49.9 Å². The third kappa shape index (κ3) is 4.48. The van der Waals surface area contributed by atoms with Crippen molar-refractivity contribution in [1.82, 2.24) is 10.3 Å². The lowest BCUT2D eigenvalue weighted by Crippen LogP contribution is -2.45. The Hall–Kier alpha value is -2.69. The van der Waals surface area contributed by atoms with Crippen molar-refractivity contribution in [3.63, 3.8) is 0 Å². The van der Waals surface area contributed by atoms with Crippen LogP contribution in [0.3, 0.4) is 0 Å². The van der Waals surface area contributed by atoms with Crippen molar-refractivity contribution >= 4 is 17.5 Å². The van der Waals surface area contributed by atoms with Crippen LogP contribution in [-0.2, 0) is 16.1 Å². The zero-order chi connectivity index (χ0) is 19.3. The standard InChI is InChI=1S/C21H27N3O2/c1-14(2)17-11-8-9-15(3)18(17)24-20(26)21(4,5)19(25)23-13-16-10-6-7-12-22-16/h6-12,14H,13H2,1-5H3,(H,23,25)(H,24,26). The first-order valence-corrected chi connectivity index (χ1v) is 8.82. The summed E-state index contributed by atoms with van der Waals surface area (Å²) < 4.78 is 0. The molecule has 5 nitrogen and oxygen atoms in total. The summed E-state index contributed by atoms with van der Waals surface area (Å²) in [6.07, 6.45) is 1.67. The summed E-state index contributed by atoms with van der Waals surface area (Å²) in [6.45, 7) is 9.66. The molecule has 0 saturated carbocycles. The molecule has 26 heavy (non-hydrogen) atoms. The number of para-hydroxylation sites is 1. The summed E-state index contributed by atoms with van der Waals surface area (Å²) >= 11 is 0. The van der Waals surface area contributed by atoms with E-state index in [1.165, 1.54) is 0 Å². The van der Waals surface area contributed by atoms with Gasteiger partial charge in [0.2, 0.25) is 11.8 Å². The first kappa shape index (κ1) is 19.6. The SMILES string of the molecule is Cc1cccc(C(C)C)c1NC(=O)C(C)(C)C(=O)NCc1ccccn1. The normalized spacial score (nSPS) is 11.3. The Morgan fingerprint density at radius 2 is 1.81 bits per heavy atom. The molecule has 0 aliphatic heterocycles. The molecule has 138 valence electrons. The van der Waals surface area contributed by atoms with E-state index in [4.69, 9.17) is 0 Å². The number of rotatable bonds is 6. The summed E-state index contributed by atoms with van der Waals surface area (Å²) in [6, 6.07) is 11.4. The van der Waals surface area contributed by atoms with Gasteiger partial charge in [-0.25, -0.2) is 0 Å². The minimum Gasteiger partial charge on any atom is -0.350 e. The number of hydrogen-bond acceptors (Lipinski definition) is 3. The van der Waals surface area contributed by atoms with Gasteiger partial charge in [-0.15, -0.1) is 0 Å². The lowest BCUT2D eigenvalue weighted by atomic mass is 9.90. The van der Waals surface area contributed by atoms with E-state index in [0.29, 0.717) is 0 Å². The Balaban J connectivity index is 2.11. The minimum atomic E-state index is -1.20. The number of hydrogen-bond donors (Lipinski definition) is 2. The van der Waals surface area contributed by atoms with Crippen LogP contribution < -0.4 is 10.6 Å². The molecule has 0 fully saturated rings. The third-order valence-electron chi connectivity index (χ3n) is 4.46. The number of amides is 2. The maximum atomic E-state index is 12.8. The topological polar surface area (TPSA) is 71.1 Å². The number of anilines is 1. The van der Waals surface area contributed by atoms with Gasteiger partial charge in [0.15, 0.2) is 0 Å². The van der Waals surface area contributed by atoms with Crippen LogP contribution in [0.2, 0.25) is 0 Å². The van der Waals surface area contributed by atoms with E-state index >= 15 is 0 Å². The van der Waals surface area contributed by atoms with Crippen molar-refractivity contribution in [3.8, 4) is 0 Å². The van der Waals surface area contributed by atoms with Crippen LogP contribution in [0.15, 0.2) is 42.6 Å². The molecular weight excluding hydrogens is 326 g/mol. The molecular formula is C21H27N3O2. The van der Waals surface area contributed by atoms with Crippen LogP contribution in [0, 0.1) is 12.3 Å². The molecule has 0 bridgehead atoms. The highest BCUT2D eigenvalue weighted by atomic mass is 16.2. The van der Waals surface area contributed by atoms with Crippen molar-refractivity contribution in [2.24, 2.45) is 5.41 Å². The molecule has 0 radical (unpaired) electrons. The van der Waals surface area contributed by atoms with Crippen LogP contribution in [0.4, 0.5) is 5.69 Å². The van der Waals surface area contributed by atoms with Crippen molar-refractivity contribution in [2.45, 2.75) is 47.1 Å². The van der Waals surface area contributed by atoms with Gasteiger partial charge in [0.1, 0.15) is 5.41 Å². The quantitative estimate of drug-likeness (QED) is 0.776. The van der Waals surface area contributed by atoms with Crippen LogP contribution in [0.5, 0.6) is 0 Å². The second-order valence-corrected chi connectivity index (χ2v) is 7.28. The number of aryl methyl sites for hydroxylation is 1. The fraction of sp³-hybridized carbons (Fsp3) is 0.381. The number of pyridine rings is 1. The molecule has 2 rings (SSSR count). The van der Waals surface area contributed by atoms with Crippen molar-refractivity contribution in [2.75, 3.05) is 5.32 Å². The molecule has 0 unspecified atom stereocenters. The van der Waals surface area contributed by atoms with Gasteiger partial charge in [-0.2, -0.15) is 0 Å². The lowest BCUT2D eigenvalue weighted by Gasteiger charge is -2.25. The zero-order valence-corrected chi connectivity index (χ0v) is 16.1. The molecule has 1 aromatic carbocycles. The number of benzene rings is 1. The number of nitrogens with zero attached hydrogens (tertiary/aromatic N) is 1. The first-order chi connectivity index (χ1) is 12.2. The molecule has 1 heterocycles. The Kier molecular flexibility index (Phi) is 6.14. The van der Waals surface area contributed by atoms with Crippen LogP contribution >= 0.6 is 0 Å². The highest BCUT2D eigenvalue weighted by Crippen LogP contribution is 2.29. The Morgan fingerprint density at radius 1 is 1.08 bits per heavy atom. The van der Waals surface area contributed by atoms with Gasteiger partial charge in [-0.3, -0.25) is 14.6 Å². The van der Waals surface area contributed by atoms with E-state index in [-0.39, 0.29) is 24.3 Å². The summed E-state index contributed by atoms with van der Waals surface area (Å²) in [7, 11) is 0. The van der Waals surface area contributed by atoms with Gasteiger partial charge < -0.3 is 10.6 Å². The van der Waals surface area contributed by atoms with Gasteiger partial charge in [-0.1, -0.05) is 38.1 Å². The summed E-state index contributed by atoms with van der Waals surface area (Å²) in [5.41, 5.74) is 2.37. The lowest BCUT2D eigenvalue weighted by molar-refractivity contribution is -0.138. The van der Waals surface area contributed by atoms with E-state index in [9.17, 15) is 9.59 Å². The highest BCUT2D eigenvalue weighted by Gasteiger charge is 2.36. The molecule has 0 saturated heterocycles. The van der Waals surface area contributed by atoms with Crippen molar-refractivity contribution in [1.29, 1.82) is 0 Å². The Bertz CT molecular complexity index is 783. The fourth-order valence-corrected chi connectivity index (χ4v) is 2.61. The summed E-state index contributed by atoms with van der Waals surface area (Å²) in [4.78, 5) is 29.6. The monoisotopic (exact) mass is 353 g/mol. The van der Waals surface area contributed by atoms with Crippen molar-refractivity contribution < 1.29 is 9.59 Å². The highest BCUT2D eigenvalue weighted by molar-refractivity contribution is 6.10. The Labute approximate surface area is 155 Å². The summed E-state index contributed by atoms with van der Waals surface area (Å²) in [5, 5.41) is 5.76. The smallest absolute Gasteiger partial charge is 0.239 e. The first-order valence-electron chi connectivity index (χ1n) is 8.82. The molecule has 0 spiro atoms. The summed E-state index contributed by atoms with van der Waals surface area (Å²) in [5.74, 6) is -0.390. The van der Waals surface area contributed by atoms with E-state index < -0.39 is 5.41 Å². The molecule has 0 atom stereocenters. The van der Waals surface area contributed by atoms with E-state index in [0.717, 1.165) is 22.5 Å². The molecule has 2 amide bonds. The maximum absolute atomic E-state index is 12.8. The average molecular weight is 353 g/mol. The maximum Gasteiger partial charge on any atom is 0.239 e. The molecule has 0 aliphatic rings. The molecule has 1 aromatic heterocycles. The van der Waals surface area contributed by atoms with Crippen LogP contribution in [0.25, 0.3) is 0 Å². The van der Waals surface area contributed by atoms with E-state index in [1.54, 1.807) is 20.0 Å². The molecule has 2 N–H and O–H groups in total. The van der Waals surface area contributed by atoms with Gasteiger partial charge >= 0.3 is 0 Å². The van der Waals surface area contributed by atoms with Gasteiger partial charge in [0.25, 0.3) is 0 Å². The van der Waals surface area contributed by atoms with E-state index in [1.807, 2.05) is 43.3 Å². The van der Waals surface area contributed by atoms with E-state index in [2.05, 4.69) is 29.5 Å². The predicted octanol–water partition coefficient (Wildman–Crippen LogP) is 3.79. The van der Waals surface area contributed by atoms with Crippen LogP contribution in [0.1, 0.15) is 50.4 Å². The molecule has 5 heteroatoms. The second kappa shape index (κ2) is 8.13. The molecule has 2 aromatic rings. The minimum absolute atomic E-state index is 0.270. The van der Waals surface area contributed by atoms with Gasteiger partial charge in [0, 0.05) is 11.9 Å². The fourth-order valence-electron chi connectivity index (χ4n) is 2.61. The number of carbonyl (C=O) groups is 2. The average Bonchev–Trinajstić information content (AvgIpc) is 2.61. The number of nitrogens with one attached hydrogen (secondary N) is 2. The predicted molar refractivity (Wildman–Crippen MR) is 104 cm³/mol. The Morgan fingerprint density at radius 3 is 2.42 bits per heavy atom. The largest absolute Gasteiger partial charge is 0.350 e.